The van der Waals surface area contributed by atoms with Crippen LogP contribution in [0.3, 0.4) is 0 Å². The smallest absolute Gasteiger partial charge is 0.338 e. The molecular formula is C26H32N4O6S. The second kappa shape index (κ2) is 11.3. The predicted molar refractivity (Wildman–Crippen MR) is 140 cm³/mol. The van der Waals surface area contributed by atoms with Crippen molar-refractivity contribution < 1.29 is 28.6 Å². The summed E-state index contributed by atoms with van der Waals surface area (Å²) in [4.78, 5) is 48.3. The van der Waals surface area contributed by atoms with Crippen molar-refractivity contribution >= 4 is 34.7 Å². The zero-order chi connectivity index (χ0) is 26.7. The van der Waals surface area contributed by atoms with Crippen LogP contribution in [0.4, 0.5) is 0 Å². The predicted octanol–water partition coefficient (Wildman–Crippen LogP) is 2.92. The Morgan fingerprint density at radius 3 is 2.30 bits per heavy atom. The number of ether oxygens (including phenoxy) is 3. The standard InChI is InChI=1S/C26H32N4O6S/c1-6-19-23(25(33)36-5)24(17-7-8-20(34-3)21(13-17)35-4)30-18(15-37-26(30)27-19)14-22(32)29-11-9-28(10-12-29)16(2)31/h7-8,13,15,24H,6,9-12,14H2,1-5H3/t24-/m1/s1. The van der Waals surface area contributed by atoms with Crippen molar-refractivity contribution in [1.29, 1.82) is 0 Å². The van der Waals surface area contributed by atoms with E-state index in [1.54, 1.807) is 37.0 Å². The third kappa shape index (κ3) is 5.18. The number of hydrogen-bond acceptors (Lipinski definition) is 9. The van der Waals surface area contributed by atoms with Gasteiger partial charge in [0.05, 0.1) is 45.1 Å². The summed E-state index contributed by atoms with van der Waals surface area (Å²) in [5, 5.41) is 2.62. The summed E-state index contributed by atoms with van der Waals surface area (Å²) in [6.07, 6.45) is 0.687. The average molecular weight is 529 g/mol. The Bertz CT molecular complexity index is 1190. The monoisotopic (exact) mass is 528 g/mol. The van der Waals surface area contributed by atoms with Crippen LogP contribution >= 0.6 is 11.8 Å². The van der Waals surface area contributed by atoms with Gasteiger partial charge >= 0.3 is 5.97 Å². The van der Waals surface area contributed by atoms with Crippen LogP contribution in [0.1, 0.15) is 38.3 Å². The third-order valence-electron chi connectivity index (χ3n) is 6.76. The Hall–Kier alpha value is -3.47. The van der Waals surface area contributed by atoms with Gasteiger partial charge in [-0.1, -0.05) is 24.8 Å². The molecule has 1 atom stereocenters. The van der Waals surface area contributed by atoms with E-state index in [4.69, 9.17) is 19.2 Å². The molecule has 1 saturated heterocycles. The fourth-order valence-electron chi connectivity index (χ4n) is 4.79. The molecule has 198 valence electrons. The molecule has 4 rings (SSSR count). The molecule has 0 aromatic heterocycles. The minimum absolute atomic E-state index is 0.0165. The van der Waals surface area contributed by atoms with Crippen LogP contribution in [-0.4, -0.2) is 85.2 Å². The van der Waals surface area contributed by atoms with E-state index in [-0.39, 0.29) is 18.2 Å². The molecule has 10 nitrogen and oxygen atoms in total. The number of benzene rings is 1. The molecule has 1 aromatic rings. The van der Waals surface area contributed by atoms with Gasteiger partial charge in [-0.05, 0) is 29.5 Å². The molecule has 0 radical (unpaired) electrons. The van der Waals surface area contributed by atoms with Crippen molar-refractivity contribution in [2.24, 2.45) is 4.99 Å². The molecule has 0 aliphatic carbocycles. The van der Waals surface area contributed by atoms with E-state index in [0.717, 1.165) is 11.3 Å². The quantitative estimate of drug-likeness (QED) is 0.498. The highest BCUT2D eigenvalue weighted by atomic mass is 32.2. The first-order valence-corrected chi connectivity index (χ1v) is 13.0. The first kappa shape index (κ1) is 26.6. The SMILES string of the molecule is CCC1=C(C(=O)OC)[C@@H](c2ccc(OC)c(OC)c2)N2C(CC(=O)N3CCN(C(C)=O)CC3)=CSC2=N1. The summed E-state index contributed by atoms with van der Waals surface area (Å²) < 4.78 is 16.1. The van der Waals surface area contributed by atoms with Gasteiger partial charge in [-0.25, -0.2) is 9.79 Å². The van der Waals surface area contributed by atoms with Crippen molar-refractivity contribution in [3.8, 4) is 11.5 Å². The molecule has 0 saturated carbocycles. The number of rotatable bonds is 7. The van der Waals surface area contributed by atoms with Crippen LogP contribution in [-0.2, 0) is 19.1 Å². The number of aliphatic imine (C=N–C) groups is 1. The first-order chi connectivity index (χ1) is 17.8. The summed E-state index contributed by atoms with van der Waals surface area (Å²) in [6, 6.07) is 4.96. The molecule has 37 heavy (non-hydrogen) atoms. The number of allylic oxidation sites excluding steroid dienone is 1. The number of fused-ring (bicyclic) bond motifs is 1. The third-order valence-corrected chi connectivity index (χ3v) is 7.65. The Morgan fingerprint density at radius 2 is 1.70 bits per heavy atom. The number of carbonyl (C=O) groups is 3. The number of hydrogen-bond donors (Lipinski definition) is 0. The molecule has 3 aliphatic heterocycles. The summed E-state index contributed by atoms with van der Waals surface area (Å²) in [7, 11) is 4.48. The Kier molecular flexibility index (Phi) is 8.11. The number of methoxy groups -OCH3 is 3. The molecule has 1 fully saturated rings. The van der Waals surface area contributed by atoms with Crippen LogP contribution in [0.5, 0.6) is 11.5 Å². The van der Waals surface area contributed by atoms with Crippen LogP contribution in [0.25, 0.3) is 0 Å². The number of piperazine rings is 1. The lowest BCUT2D eigenvalue weighted by atomic mass is 9.92. The lowest BCUT2D eigenvalue weighted by Gasteiger charge is -2.38. The summed E-state index contributed by atoms with van der Waals surface area (Å²) in [5.41, 5.74) is 2.61. The maximum atomic E-state index is 13.3. The fourth-order valence-corrected chi connectivity index (χ4v) is 5.73. The molecule has 0 bridgehead atoms. The largest absolute Gasteiger partial charge is 0.493 e. The van der Waals surface area contributed by atoms with E-state index in [0.29, 0.717) is 60.5 Å². The van der Waals surface area contributed by atoms with Gasteiger partial charge in [-0.15, -0.1) is 0 Å². The van der Waals surface area contributed by atoms with E-state index >= 15 is 0 Å². The topological polar surface area (TPSA) is 101 Å². The van der Waals surface area contributed by atoms with Gasteiger partial charge in [0.15, 0.2) is 16.7 Å². The van der Waals surface area contributed by atoms with Crippen molar-refractivity contribution in [1.82, 2.24) is 14.7 Å². The first-order valence-electron chi connectivity index (χ1n) is 12.1. The van der Waals surface area contributed by atoms with Crippen LogP contribution in [0.2, 0.25) is 0 Å². The molecule has 11 heteroatoms. The van der Waals surface area contributed by atoms with E-state index < -0.39 is 12.0 Å². The summed E-state index contributed by atoms with van der Waals surface area (Å²) in [5.74, 6) is 0.613. The van der Waals surface area contributed by atoms with Crippen LogP contribution in [0.15, 0.2) is 45.6 Å². The lowest BCUT2D eigenvalue weighted by Crippen LogP contribution is -2.50. The molecular weight excluding hydrogens is 496 g/mol. The lowest BCUT2D eigenvalue weighted by molar-refractivity contribution is -0.138. The van der Waals surface area contributed by atoms with Gasteiger partial charge in [0.25, 0.3) is 0 Å². The molecule has 1 aromatic carbocycles. The second-order valence-electron chi connectivity index (χ2n) is 8.78. The molecule has 0 spiro atoms. The highest BCUT2D eigenvalue weighted by Gasteiger charge is 2.42. The highest BCUT2D eigenvalue weighted by Crippen LogP contribution is 2.46. The van der Waals surface area contributed by atoms with E-state index in [9.17, 15) is 14.4 Å². The van der Waals surface area contributed by atoms with Gasteiger partial charge in [-0.3, -0.25) is 9.59 Å². The van der Waals surface area contributed by atoms with Crippen LogP contribution < -0.4 is 9.47 Å². The summed E-state index contributed by atoms with van der Waals surface area (Å²) >= 11 is 1.43. The number of carbonyl (C=O) groups excluding carboxylic acids is 3. The Labute approximate surface area is 220 Å². The van der Waals surface area contributed by atoms with Crippen molar-refractivity contribution in [2.75, 3.05) is 47.5 Å². The number of amidine groups is 1. The van der Waals surface area contributed by atoms with E-state index in [1.807, 2.05) is 29.4 Å². The Balaban J connectivity index is 1.68. The van der Waals surface area contributed by atoms with E-state index in [1.165, 1.54) is 18.9 Å². The highest BCUT2D eigenvalue weighted by molar-refractivity contribution is 8.16. The maximum Gasteiger partial charge on any atom is 0.338 e. The van der Waals surface area contributed by atoms with Gasteiger partial charge < -0.3 is 28.9 Å². The summed E-state index contributed by atoms with van der Waals surface area (Å²) in [6.45, 7) is 5.52. The average Bonchev–Trinajstić information content (AvgIpc) is 3.32. The molecule has 3 aliphatic rings. The number of amides is 2. The molecule has 0 unspecified atom stereocenters. The number of esters is 1. The van der Waals surface area contributed by atoms with Crippen LogP contribution in [0, 0.1) is 0 Å². The van der Waals surface area contributed by atoms with Crippen molar-refractivity contribution in [2.45, 2.75) is 32.7 Å². The normalized spacial score (nSPS) is 19.3. The van der Waals surface area contributed by atoms with Crippen molar-refractivity contribution in [3.05, 3.63) is 46.1 Å². The minimum Gasteiger partial charge on any atom is -0.493 e. The van der Waals surface area contributed by atoms with E-state index in [2.05, 4.69) is 0 Å². The van der Waals surface area contributed by atoms with Gasteiger partial charge in [0, 0.05) is 38.8 Å². The Morgan fingerprint density at radius 1 is 1.03 bits per heavy atom. The van der Waals surface area contributed by atoms with Crippen molar-refractivity contribution in [3.63, 3.8) is 0 Å². The molecule has 0 N–H and O–H groups in total. The maximum absolute atomic E-state index is 13.3. The fraction of sp³-hybridized carbons (Fsp3) is 0.462. The number of nitrogens with zero attached hydrogens (tertiary/aromatic N) is 4. The van der Waals surface area contributed by atoms with Gasteiger partial charge in [0.2, 0.25) is 11.8 Å². The molecule has 3 heterocycles. The zero-order valence-corrected chi connectivity index (χ0v) is 22.6. The minimum atomic E-state index is -0.557. The zero-order valence-electron chi connectivity index (χ0n) is 21.8. The molecule has 2 amide bonds. The number of thioether (sulfide) groups is 1. The van der Waals surface area contributed by atoms with Gasteiger partial charge in [-0.2, -0.15) is 0 Å². The van der Waals surface area contributed by atoms with Gasteiger partial charge in [0.1, 0.15) is 0 Å². The second-order valence-corrected chi connectivity index (χ2v) is 9.61.